The van der Waals surface area contributed by atoms with Crippen LogP contribution in [0.15, 0.2) is 55.0 Å². The van der Waals surface area contributed by atoms with Gasteiger partial charge in [-0.3, -0.25) is 0 Å². The summed E-state index contributed by atoms with van der Waals surface area (Å²) in [5.41, 5.74) is 11.8. The van der Waals surface area contributed by atoms with Crippen molar-refractivity contribution in [3.8, 4) is 16.9 Å². The minimum Gasteiger partial charge on any atom is -0.361 e. The van der Waals surface area contributed by atoms with Crippen molar-refractivity contribution in [3.05, 3.63) is 88.5 Å². The van der Waals surface area contributed by atoms with Crippen molar-refractivity contribution in [2.24, 2.45) is 0 Å². The first kappa shape index (κ1) is 26.0. The van der Waals surface area contributed by atoms with E-state index in [0.29, 0.717) is 18.2 Å². The number of aromatic amines is 1. The summed E-state index contributed by atoms with van der Waals surface area (Å²) in [7, 11) is 7.54. The van der Waals surface area contributed by atoms with Crippen molar-refractivity contribution in [3.63, 3.8) is 0 Å². The number of aryl methyl sites for hydroxylation is 2. The lowest BCUT2D eigenvalue weighted by atomic mass is 9.96. The Bertz CT molecular complexity index is 1640. The summed E-state index contributed by atoms with van der Waals surface area (Å²) in [4.78, 5) is 15.2. The van der Waals surface area contributed by atoms with Crippen molar-refractivity contribution in [2.45, 2.75) is 58.8 Å². The molecule has 39 heavy (non-hydrogen) atoms. The minimum absolute atomic E-state index is 0.404. The highest BCUT2D eigenvalue weighted by Gasteiger charge is 2.29. The van der Waals surface area contributed by atoms with Crippen LogP contribution in [0.1, 0.15) is 60.2 Å². The zero-order valence-corrected chi connectivity index (χ0v) is 24.4. The maximum atomic E-state index is 6.21. The molecule has 6 nitrogen and oxygen atoms in total. The molecule has 8 heteroatoms. The van der Waals surface area contributed by atoms with Crippen LogP contribution in [0.5, 0.6) is 0 Å². The number of fused-ring (bicyclic) bond motifs is 2. The lowest BCUT2D eigenvalue weighted by Crippen LogP contribution is -2.31. The van der Waals surface area contributed by atoms with Gasteiger partial charge in [0.15, 0.2) is 0 Å². The Hall–Kier alpha value is -3.29. The molecule has 1 N–H and O–H groups in total. The molecule has 5 aromatic rings. The molecule has 4 heterocycles. The maximum Gasteiger partial charge on any atom is 0.225 e. The van der Waals surface area contributed by atoms with Gasteiger partial charge in [-0.25, -0.2) is 14.6 Å². The first-order valence-electron chi connectivity index (χ1n) is 13.6. The summed E-state index contributed by atoms with van der Waals surface area (Å²) in [5.74, 6) is 1.89. The minimum atomic E-state index is 0.404. The number of hydrogen-bond donors (Lipinski definition) is 1. The Morgan fingerprint density at radius 1 is 1.08 bits per heavy atom. The van der Waals surface area contributed by atoms with Crippen LogP contribution in [0.3, 0.4) is 0 Å². The van der Waals surface area contributed by atoms with E-state index in [9.17, 15) is 0 Å². The number of benzene rings is 2. The van der Waals surface area contributed by atoms with E-state index in [1.165, 1.54) is 44.2 Å². The second kappa shape index (κ2) is 10.7. The van der Waals surface area contributed by atoms with Gasteiger partial charge in [0.2, 0.25) is 5.95 Å². The van der Waals surface area contributed by atoms with Gasteiger partial charge in [-0.1, -0.05) is 62.1 Å². The molecule has 1 aliphatic heterocycles. The van der Waals surface area contributed by atoms with Gasteiger partial charge in [-0.2, -0.15) is 5.10 Å². The van der Waals surface area contributed by atoms with Gasteiger partial charge < -0.3 is 9.88 Å². The number of nitrogens with one attached hydrogen (secondary N) is 1. The van der Waals surface area contributed by atoms with Gasteiger partial charge in [0, 0.05) is 65.9 Å². The molecule has 0 atom stereocenters. The Morgan fingerprint density at radius 2 is 1.87 bits per heavy atom. The molecule has 1 aliphatic rings. The third kappa shape index (κ3) is 4.61. The Morgan fingerprint density at radius 3 is 2.62 bits per heavy atom. The fourth-order valence-corrected chi connectivity index (χ4v) is 6.36. The topological polar surface area (TPSA) is 62.6 Å². The average molecular weight is 557 g/mol. The van der Waals surface area contributed by atoms with E-state index >= 15 is 0 Å². The number of H-pyrrole nitrogens is 1. The second-order valence-corrected chi connectivity index (χ2v) is 11.7. The Labute approximate surface area is 238 Å². The number of anilines is 1. The molecule has 0 unspecified atom stereocenters. The zero-order valence-electron chi connectivity index (χ0n) is 22.8. The summed E-state index contributed by atoms with van der Waals surface area (Å²) in [6.07, 6.45) is 7.70. The van der Waals surface area contributed by atoms with Gasteiger partial charge in [0.05, 0.1) is 17.1 Å². The van der Waals surface area contributed by atoms with Gasteiger partial charge in [0.1, 0.15) is 0 Å². The number of rotatable bonds is 7. The zero-order chi connectivity index (χ0) is 27.1. The molecule has 0 radical (unpaired) electrons. The second-order valence-electron chi connectivity index (χ2n) is 10.6. The predicted molar refractivity (Wildman–Crippen MR) is 163 cm³/mol. The lowest BCUT2D eigenvalue weighted by molar-refractivity contribution is 0.692. The number of para-hydroxylation sites is 1. The number of hydrogen-bond acceptors (Lipinski definition) is 5. The smallest absolute Gasteiger partial charge is 0.225 e. The summed E-state index contributed by atoms with van der Waals surface area (Å²) < 4.78 is 2.20. The molecular formula is C31H33ClN6S. The lowest BCUT2D eigenvalue weighted by Gasteiger charge is -2.27. The summed E-state index contributed by atoms with van der Waals surface area (Å²) in [6, 6.07) is 13.1. The monoisotopic (exact) mass is 556 g/mol. The Balaban J connectivity index is 1.56. The summed E-state index contributed by atoms with van der Waals surface area (Å²) in [5, 5.41) is 6.52. The van der Waals surface area contributed by atoms with E-state index in [1.54, 1.807) is 0 Å². The van der Waals surface area contributed by atoms with Crippen LogP contribution < -0.4 is 4.90 Å². The van der Waals surface area contributed by atoms with Gasteiger partial charge in [0.25, 0.3) is 0 Å². The van der Waals surface area contributed by atoms with E-state index in [-0.39, 0.29) is 0 Å². The van der Waals surface area contributed by atoms with Crippen LogP contribution in [0.4, 0.5) is 5.95 Å². The molecule has 0 bridgehead atoms. The van der Waals surface area contributed by atoms with E-state index in [4.69, 9.17) is 25.7 Å². The highest BCUT2D eigenvalue weighted by atomic mass is 35.7. The van der Waals surface area contributed by atoms with Crippen molar-refractivity contribution in [1.29, 1.82) is 0 Å². The summed E-state index contributed by atoms with van der Waals surface area (Å²) in [6.45, 7) is 10.2. The highest BCUT2D eigenvalue weighted by Crippen LogP contribution is 2.39. The highest BCUT2D eigenvalue weighted by molar-refractivity contribution is 8.20. The van der Waals surface area contributed by atoms with Crippen molar-refractivity contribution in [2.75, 3.05) is 11.4 Å². The van der Waals surface area contributed by atoms with E-state index in [0.717, 1.165) is 53.5 Å². The summed E-state index contributed by atoms with van der Waals surface area (Å²) >= 11 is 0. The van der Waals surface area contributed by atoms with Crippen LogP contribution in [-0.2, 0) is 25.1 Å². The van der Waals surface area contributed by atoms with Crippen LogP contribution in [-0.4, -0.2) is 31.3 Å². The average Bonchev–Trinajstić information content (AvgIpc) is 3.59. The predicted octanol–water partition coefficient (Wildman–Crippen LogP) is 7.75. The van der Waals surface area contributed by atoms with Crippen LogP contribution >= 0.6 is 21.7 Å². The quantitative estimate of drug-likeness (QED) is 0.222. The number of aromatic nitrogens is 5. The molecule has 0 saturated heterocycles. The molecule has 0 amide bonds. The molecule has 0 aliphatic carbocycles. The molecule has 3 aromatic heterocycles. The SMILES string of the molecule is CCc1cccc(CSCl)c1-n1nc2c(c1-c1ccc(C)c3[nH]ccc13)CN(c1ncc(C(C)C)cn1)CC2. The largest absolute Gasteiger partial charge is 0.361 e. The Kier molecular flexibility index (Phi) is 7.12. The van der Waals surface area contributed by atoms with Gasteiger partial charge in [-0.15, -0.1) is 0 Å². The standard InChI is InChI=1S/C31H33ClN6S/c1-5-21-7-6-8-22(18-39-32)29(21)38-30(25-10-9-20(4)28-24(25)11-13-33-28)26-17-37(14-12-27(26)36-38)31-34-15-23(16-35-31)19(2)3/h6-11,13,15-16,19,33H,5,12,14,17-18H2,1-4H3. The van der Waals surface area contributed by atoms with Crippen molar-refractivity contribution >= 4 is 38.5 Å². The molecular weight excluding hydrogens is 524 g/mol. The van der Waals surface area contributed by atoms with E-state index in [1.807, 2.05) is 18.6 Å². The molecule has 0 fully saturated rings. The van der Waals surface area contributed by atoms with Gasteiger partial charge in [-0.05, 0) is 58.3 Å². The van der Waals surface area contributed by atoms with Crippen LogP contribution in [0, 0.1) is 6.92 Å². The van der Waals surface area contributed by atoms with Crippen molar-refractivity contribution in [1.82, 2.24) is 24.7 Å². The first-order chi connectivity index (χ1) is 19.0. The van der Waals surface area contributed by atoms with Crippen LogP contribution in [0.2, 0.25) is 0 Å². The van der Waals surface area contributed by atoms with Crippen molar-refractivity contribution < 1.29 is 0 Å². The van der Waals surface area contributed by atoms with Gasteiger partial charge >= 0.3 is 0 Å². The van der Waals surface area contributed by atoms with E-state index < -0.39 is 0 Å². The number of nitrogens with zero attached hydrogens (tertiary/aromatic N) is 5. The number of halogens is 1. The molecule has 0 spiro atoms. The fourth-order valence-electron chi connectivity index (χ4n) is 5.66. The fraction of sp³-hybridized carbons (Fsp3) is 0.323. The molecule has 200 valence electrons. The maximum absolute atomic E-state index is 6.21. The molecule has 6 rings (SSSR count). The molecule has 2 aromatic carbocycles. The first-order valence-corrected chi connectivity index (χ1v) is 15.4. The third-order valence-electron chi connectivity index (χ3n) is 7.83. The third-order valence-corrected chi connectivity index (χ3v) is 8.58. The van der Waals surface area contributed by atoms with Crippen LogP contribution in [0.25, 0.3) is 27.8 Å². The molecule has 0 saturated carbocycles. The normalized spacial score (nSPS) is 13.4. The van der Waals surface area contributed by atoms with E-state index in [2.05, 4.69) is 78.7 Å².